The van der Waals surface area contributed by atoms with Crippen molar-refractivity contribution in [1.29, 1.82) is 0 Å². The maximum atomic E-state index is 4.99. The number of thioether (sulfide) groups is 3. The van der Waals surface area contributed by atoms with E-state index in [-0.39, 0.29) is 0 Å². The van der Waals surface area contributed by atoms with E-state index in [1.165, 1.54) is 34.5 Å². The van der Waals surface area contributed by atoms with Crippen LogP contribution in [-0.2, 0) is 9.47 Å². The van der Waals surface area contributed by atoms with E-state index >= 15 is 0 Å². The Kier molecular flexibility index (Phi) is 15.9. The Morgan fingerprint density at radius 1 is 0.733 bits per heavy atom. The quantitative estimate of drug-likeness (QED) is 0.399. The van der Waals surface area contributed by atoms with Crippen LogP contribution in [-0.4, -0.2) is 49.1 Å². The molecule has 0 N–H and O–H groups in total. The van der Waals surface area contributed by atoms with Gasteiger partial charge in [-0.05, 0) is 24.3 Å². The van der Waals surface area contributed by atoms with E-state index in [2.05, 4.69) is 0 Å². The number of ether oxygens (including phenoxy) is 2. The normalized spacial score (nSPS) is 10.8. The zero-order valence-electron chi connectivity index (χ0n) is 9.70. The highest BCUT2D eigenvalue weighted by molar-refractivity contribution is 8.22. The molecule has 0 fully saturated rings. The zero-order valence-corrected chi connectivity index (χ0v) is 12.1. The van der Waals surface area contributed by atoms with Gasteiger partial charge in [0.15, 0.2) is 0 Å². The van der Waals surface area contributed by atoms with Crippen LogP contribution >= 0.6 is 35.3 Å². The minimum absolute atomic E-state index is 0.892. The number of rotatable bonds is 12. The Hall–Kier alpha value is 0.970. The molecule has 0 spiro atoms. The fourth-order valence-corrected chi connectivity index (χ4v) is 4.29. The van der Waals surface area contributed by atoms with Crippen molar-refractivity contribution in [3.05, 3.63) is 0 Å². The van der Waals surface area contributed by atoms with Gasteiger partial charge < -0.3 is 9.47 Å². The molecule has 0 aliphatic heterocycles. The van der Waals surface area contributed by atoms with Crippen molar-refractivity contribution in [1.82, 2.24) is 0 Å². The van der Waals surface area contributed by atoms with E-state index in [0.29, 0.717) is 0 Å². The first kappa shape index (κ1) is 16.0. The third-order valence-corrected chi connectivity index (χ3v) is 5.43. The Morgan fingerprint density at radius 2 is 1.20 bits per heavy atom. The molecule has 2 nitrogen and oxygen atoms in total. The molecule has 0 saturated heterocycles. The van der Waals surface area contributed by atoms with Gasteiger partial charge in [0.25, 0.3) is 0 Å². The molecule has 0 heterocycles. The summed E-state index contributed by atoms with van der Waals surface area (Å²) < 4.78 is 9.98. The molecule has 0 bridgehead atoms. The second kappa shape index (κ2) is 15.0. The summed E-state index contributed by atoms with van der Waals surface area (Å²) >= 11 is 6.03. The molecular formula is C10H22O2S3. The molecule has 0 aromatic carbocycles. The van der Waals surface area contributed by atoms with E-state index in [4.69, 9.17) is 9.47 Å². The molecule has 0 aliphatic carbocycles. The molecule has 0 rings (SSSR count). The van der Waals surface area contributed by atoms with Crippen LogP contribution in [0.25, 0.3) is 0 Å². The highest BCUT2D eigenvalue weighted by Gasteiger charge is 1.92. The van der Waals surface area contributed by atoms with Crippen LogP contribution in [0.4, 0.5) is 0 Å². The molecule has 92 valence electrons. The van der Waals surface area contributed by atoms with Crippen molar-refractivity contribution in [2.75, 3.05) is 49.1 Å². The summed E-state index contributed by atoms with van der Waals surface area (Å²) in [5, 5.41) is 2.42. The van der Waals surface area contributed by atoms with Gasteiger partial charge in [0, 0.05) is 37.6 Å². The molecule has 0 aromatic heterocycles. The van der Waals surface area contributed by atoms with Gasteiger partial charge in [0.1, 0.15) is 0 Å². The number of hydrogen-bond donors (Lipinski definition) is 0. The first-order valence-electron chi connectivity index (χ1n) is 5.13. The van der Waals surface area contributed by atoms with Gasteiger partial charge in [-0.3, -0.25) is 0 Å². The summed E-state index contributed by atoms with van der Waals surface area (Å²) in [5.41, 5.74) is 0. The highest BCUT2D eigenvalue weighted by atomic mass is 32.2. The molecule has 0 aliphatic rings. The lowest BCUT2D eigenvalue weighted by Gasteiger charge is -2.02. The third kappa shape index (κ3) is 15.0. The van der Waals surface area contributed by atoms with Gasteiger partial charge in [0.05, 0.1) is 0 Å². The van der Waals surface area contributed by atoms with Crippen LogP contribution in [0.3, 0.4) is 0 Å². The monoisotopic (exact) mass is 270 g/mol. The predicted molar refractivity (Wildman–Crippen MR) is 75.2 cm³/mol. The van der Waals surface area contributed by atoms with Gasteiger partial charge in [-0.15, -0.1) is 11.8 Å². The molecule has 0 aromatic rings. The molecule has 0 unspecified atom stereocenters. The largest absolute Gasteiger partial charge is 0.385 e. The first-order chi connectivity index (χ1) is 7.41. The smallest absolute Gasteiger partial charge is 0.0470 e. The lowest BCUT2D eigenvalue weighted by molar-refractivity contribution is 0.200. The van der Waals surface area contributed by atoms with Crippen molar-refractivity contribution in [2.24, 2.45) is 0 Å². The molecule has 15 heavy (non-hydrogen) atoms. The van der Waals surface area contributed by atoms with E-state index in [0.717, 1.165) is 13.2 Å². The molecule has 5 heteroatoms. The van der Waals surface area contributed by atoms with Crippen molar-refractivity contribution >= 4 is 35.3 Å². The van der Waals surface area contributed by atoms with Crippen LogP contribution < -0.4 is 0 Å². The summed E-state index contributed by atoms with van der Waals surface area (Å²) in [6, 6.07) is 0. The second-order valence-corrected chi connectivity index (χ2v) is 6.88. The topological polar surface area (TPSA) is 18.5 Å². The molecule has 0 saturated carbocycles. The average molecular weight is 270 g/mol. The summed E-state index contributed by atoms with van der Waals surface area (Å²) in [6.07, 6.45) is 2.34. The van der Waals surface area contributed by atoms with Crippen LogP contribution in [0.15, 0.2) is 0 Å². The second-order valence-electron chi connectivity index (χ2n) is 2.95. The Morgan fingerprint density at radius 3 is 1.60 bits per heavy atom. The molecule has 0 radical (unpaired) electrons. The maximum Gasteiger partial charge on any atom is 0.0470 e. The van der Waals surface area contributed by atoms with Crippen molar-refractivity contribution in [2.45, 2.75) is 12.8 Å². The van der Waals surface area contributed by atoms with Crippen LogP contribution in [0.2, 0.25) is 0 Å². The number of methoxy groups -OCH3 is 2. The van der Waals surface area contributed by atoms with Gasteiger partial charge in [-0.2, -0.15) is 23.5 Å². The predicted octanol–water partition coefficient (Wildman–Crippen LogP) is 3.17. The van der Waals surface area contributed by atoms with Gasteiger partial charge in [0.2, 0.25) is 0 Å². The van der Waals surface area contributed by atoms with Crippen LogP contribution in [0.5, 0.6) is 0 Å². The lowest BCUT2D eigenvalue weighted by atomic mass is 10.5. The Bertz CT molecular complexity index is 103. The fourth-order valence-electron chi connectivity index (χ4n) is 0.880. The van der Waals surface area contributed by atoms with Gasteiger partial charge in [-0.25, -0.2) is 0 Å². The standard InChI is InChI=1S/C10H22O2S3/c1-11-5-3-7-13-9-15-10-14-8-4-6-12-2/h3-10H2,1-2H3. The van der Waals surface area contributed by atoms with E-state index in [9.17, 15) is 0 Å². The third-order valence-electron chi connectivity index (χ3n) is 1.61. The fraction of sp³-hybridized carbons (Fsp3) is 1.00. The Balaban J connectivity index is 2.81. The lowest BCUT2D eigenvalue weighted by Crippen LogP contribution is -1.91. The van der Waals surface area contributed by atoms with Crippen LogP contribution in [0, 0.1) is 0 Å². The number of hydrogen-bond acceptors (Lipinski definition) is 5. The SMILES string of the molecule is COCCCSCSCSCCCOC. The van der Waals surface area contributed by atoms with E-state index in [1.807, 2.05) is 35.3 Å². The molecule has 0 amide bonds. The van der Waals surface area contributed by atoms with Gasteiger partial charge in [-0.1, -0.05) is 0 Å². The van der Waals surface area contributed by atoms with Crippen molar-refractivity contribution in [3.8, 4) is 0 Å². The first-order valence-corrected chi connectivity index (χ1v) is 8.59. The highest BCUT2D eigenvalue weighted by Crippen LogP contribution is 2.18. The zero-order chi connectivity index (χ0) is 11.2. The van der Waals surface area contributed by atoms with Crippen molar-refractivity contribution < 1.29 is 9.47 Å². The minimum Gasteiger partial charge on any atom is -0.385 e. The van der Waals surface area contributed by atoms with Crippen molar-refractivity contribution in [3.63, 3.8) is 0 Å². The van der Waals surface area contributed by atoms with Gasteiger partial charge >= 0.3 is 0 Å². The van der Waals surface area contributed by atoms with E-state index in [1.54, 1.807) is 14.2 Å². The summed E-state index contributed by atoms with van der Waals surface area (Å²) in [5.74, 6) is 2.43. The van der Waals surface area contributed by atoms with Crippen LogP contribution in [0.1, 0.15) is 12.8 Å². The summed E-state index contributed by atoms with van der Waals surface area (Å²) in [6.45, 7) is 1.78. The Labute approximate surface area is 107 Å². The summed E-state index contributed by atoms with van der Waals surface area (Å²) in [4.78, 5) is 0. The summed E-state index contributed by atoms with van der Waals surface area (Å²) in [7, 11) is 3.52. The molecular weight excluding hydrogens is 248 g/mol. The average Bonchev–Trinajstić information content (AvgIpc) is 2.26. The minimum atomic E-state index is 0.892. The van der Waals surface area contributed by atoms with E-state index < -0.39 is 0 Å². The molecule has 0 atom stereocenters. The maximum absolute atomic E-state index is 4.99.